The van der Waals surface area contributed by atoms with Gasteiger partial charge in [-0.05, 0) is 50.6 Å². The topological polar surface area (TPSA) is 113 Å². The maximum absolute atomic E-state index is 11.7. The summed E-state index contributed by atoms with van der Waals surface area (Å²) in [6.45, 7) is 0.928. The molecule has 1 saturated carbocycles. The van der Waals surface area contributed by atoms with Crippen LogP contribution >= 0.6 is 11.8 Å². The van der Waals surface area contributed by atoms with E-state index in [1.54, 1.807) is 6.34 Å². The van der Waals surface area contributed by atoms with Gasteiger partial charge in [-0.3, -0.25) is 9.80 Å². The van der Waals surface area contributed by atoms with Gasteiger partial charge in [0, 0.05) is 29.1 Å². The number of carbonyl (C=O) groups excluding carboxylic acids is 1. The highest BCUT2D eigenvalue weighted by Gasteiger charge is 2.30. The zero-order chi connectivity index (χ0) is 18.1. The molecule has 1 aromatic heterocycles. The van der Waals surface area contributed by atoms with E-state index in [0.29, 0.717) is 17.0 Å². The van der Waals surface area contributed by atoms with Gasteiger partial charge in [0.05, 0.1) is 11.7 Å². The first-order valence-electron chi connectivity index (χ1n) is 9.29. The summed E-state index contributed by atoms with van der Waals surface area (Å²) >= 11 is 1.45. The van der Waals surface area contributed by atoms with Crippen LogP contribution in [0.4, 0.5) is 5.82 Å². The molecule has 4 rings (SSSR count). The lowest BCUT2D eigenvalue weighted by Gasteiger charge is -2.32. The maximum atomic E-state index is 11.7. The third kappa shape index (κ3) is 3.41. The molecule has 0 amide bonds. The molecule has 2 aliphatic heterocycles. The number of carbonyl (C=O) groups is 1. The van der Waals surface area contributed by atoms with Gasteiger partial charge in [0.25, 0.3) is 0 Å². The minimum absolute atomic E-state index is 0.0595. The van der Waals surface area contributed by atoms with E-state index in [-0.39, 0.29) is 6.04 Å². The van der Waals surface area contributed by atoms with Crippen molar-refractivity contribution in [2.75, 3.05) is 12.3 Å². The molecule has 26 heavy (non-hydrogen) atoms. The van der Waals surface area contributed by atoms with Gasteiger partial charge in [-0.2, -0.15) is 0 Å². The van der Waals surface area contributed by atoms with Gasteiger partial charge in [0.2, 0.25) is 5.12 Å². The van der Waals surface area contributed by atoms with Crippen molar-refractivity contribution in [1.82, 2.24) is 15.3 Å². The lowest BCUT2D eigenvalue weighted by Crippen LogP contribution is -2.37. The van der Waals surface area contributed by atoms with Crippen molar-refractivity contribution < 1.29 is 4.79 Å². The number of aromatic amines is 1. The van der Waals surface area contributed by atoms with Crippen LogP contribution in [0, 0.1) is 11.8 Å². The Balaban J connectivity index is 1.37. The smallest absolute Gasteiger partial charge is 0.205 e. The van der Waals surface area contributed by atoms with Crippen molar-refractivity contribution in [1.29, 1.82) is 0 Å². The first-order valence-corrected chi connectivity index (χ1v) is 10.3. The quantitative estimate of drug-likeness (QED) is 0.599. The van der Waals surface area contributed by atoms with Crippen molar-refractivity contribution in [2.45, 2.75) is 38.1 Å². The van der Waals surface area contributed by atoms with Gasteiger partial charge < -0.3 is 16.0 Å². The van der Waals surface area contributed by atoms with E-state index in [1.807, 2.05) is 12.3 Å². The average molecular weight is 375 g/mol. The molecule has 0 aromatic carbocycles. The van der Waals surface area contributed by atoms with Gasteiger partial charge in [0.15, 0.2) is 0 Å². The van der Waals surface area contributed by atoms with E-state index in [0.717, 1.165) is 67.2 Å². The number of thioether (sulfide) groups is 1. The molecule has 0 spiro atoms. The Morgan fingerprint density at radius 2 is 2.15 bits per heavy atom. The number of hydrazine groups is 1. The summed E-state index contributed by atoms with van der Waals surface area (Å²) in [5.74, 6) is 8.82. The molecule has 3 heterocycles. The lowest BCUT2D eigenvalue weighted by molar-refractivity contribution is -0.112. The first kappa shape index (κ1) is 17.6. The van der Waals surface area contributed by atoms with Crippen molar-refractivity contribution in [2.24, 2.45) is 28.4 Å². The Hall–Kier alpha value is -1.77. The van der Waals surface area contributed by atoms with E-state index in [9.17, 15) is 4.79 Å². The van der Waals surface area contributed by atoms with E-state index in [1.165, 1.54) is 16.8 Å². The van der Waals surface area contributed by atoms with Crippen LogP contribution in [-0.2, 0) is 4.79 Å². The van der Waals surface area contributed by atoms with E-state index >= 15 is 0 Å². The SMILES string of the molecule is N/C(=C1/c2cc[nH]c2N=CN1N)C1CCC(CNC2CCSC2=O)CC1. The fourth-order valence-electron chi connectivity index (χ4n) is 4.14. The third-order valence-electron chi connectivity index (χ3n) is 5.70. The van der Waals surface area contributed by atoms with E-state index < -0.39 is 0 Å². The van der Waals surface area contributed by atoms with Gasteiger partial charge in [-0.1, -0.05) is 11.8 Å². The first-order chi connectivity index (χ1) is 12.6. The summed E-state index contributed by atoms with van der Waals surface area (Å²) in [7, 11) is 0. The minimum Gasteiger partial charge on any atom is -0.400 e. The number of hydrogen-bond donors (Lipinski definition) is 4. The monoisotopic (exact) mass is 374 g/mol. The van der Waals surface area contributed by atoms with Crippen LogP contribution in [0.2, 0.25) is 0 Å². The number of nitrogens with zero attached hydrogens (tertiary/aromatic N) is 2. The maximum Gasteiger partial charge on any atom is 0.205 e. The highest BCUT2D eigenvalue weighted by atomic mass is 32.2. The number of fused-ring (bicyclic) bond motifs is 1. The van der Waals surface area contributed by atoms with Crippen LogP contribution in [0.3, 0.4) is 0 Å². The summed E-state index contributed by atoms with van der Waals surface area (Å²) in [5.41, 5.74) is 9.23. The highest BCUT2D eigenvalue weighted by molar-refractivity contribution is 8.14. The number of H-pyrrole nitrogens is 1. The Morgan fingerprint density at radius 1 is 1.35 bits per heavy atom. The Labute approximate surface area is 157 Å². The summed E-state index contributed by atoms with van der Waals surface area (Å²) in [6.07, 6.45) is 8.79. The highest BCUT2D eigenvalue weighted by Crippen LogP contribution is 2.37. The molecule has 1 aliphatic carbocycles. The lowest BCUT2D eigenvalue weighted by atomic mass is 9.79. The normalized spacial score (nSPS) is 30.6. The number of aliphatic imine (C=N–C) groups is 1. The molecule has 0 radical (unpaired) electrons. The minimum atomic E-state index is 0.0595. The van der Waals surface area contributed by atoms with Crippen LogP contribution in [0.5, 0.6) is 0 Å². The third-order valence-corrected chi connectivity index (χ3v) is 6.71. The van der Waals surface area contributed by atoms with Gasteiger partial charge in [-0.15, -0.1) is 0 Å². The molecular formula is C18H26N6OS. The Kier molecular flexibility index (Phi) is 5.06. The molecule has 0 bridgehead atoms. The second-order valence-corrected chi connectivity index (χ2v) is 8.43. The van der Waals surface area contributed by atoms with Crippen molar-refractivity contribution in [3.63, 3.8) is 0 Å². The summed E-state index contributed by atoms with van der Waals surface area (Å²) in [6, 6.07) is 2.03. The summed E-state index contributed by atoms with van der Waals surface area (Å²) in [4.78, 5) is 19.1. The van der Waals surface area contributed by atoms with Gasteiger partial charge in [0.1, 0.15) is 12.2 Å². The fraction of sp³-hybridized carbons (Fsp3) is 0.556. The zero-order valence-electron chi connectivity index (χ0n) is 14.8. The fourth-order valence-corrected chi connectivity index (χ4v) is 5.10. The second kappa shape index (κ2) is 7.46. The molecule has 6 N–H and O–H groups in total. The van der Waals surface area contributed by atoms with Crippen LogP contribution in [0.25, 0.3) is 5.70 Å². The number of allylic oxidation sites excluding steroid dienone is 1. The molecule has 1 saturated heterocycles. The van der Waals surface area contributed by atoms with Gasteiger partial charge in [-0.25, -0.2) is 10.8 Å². The van der Waals surface area contributed by atoms with Crippen LogP contribution in [-0.4, -0.2) is 39.8 Å². The zero-order valence-corrected chi connectivity index (χ0v) is 15.6. The van der Waals surface area contributed by atoms with Crippen molar-refractivity contribution >= 4 is 34.7 Å². The molecule has 3 aliphatic rings. The molecule has 1 aromatic rings. The molecular weight excluding hydrogens is 348 g/mol. The number of rotatable bonds is 4. The van der Waals surface area contributed by atoms with Gasteiger partial charge >= 0.3 is 0 Å². The standard InChI is InChI=1S/C18H26N6OS/c19-15(16-13-5-7-21-17(13)23-10-24(16)20)12-3-1-11(2-4-12)9-22-14-6-8-26-18(14)25/h5,7,10-12,14,21-22H,1-4,6,8-9,19-20H2/b16-15-. The summed E-state index contributed by atoms with van der Waals surface area (Å²) in [5, 5.41) is 5.29. The number of hydrogen-bond acceptors (Lipinski definition) is 7. The molecule has 7 nitrogen and oxygen atoms in total. The van der Waals surface area contributed by atoms with Crippen LogP contribution in [0.15, 0.2) is 23.0 Å². The van der Waals surface area contributed by atoms with Crippen molar-refractivity contribution in [3.05, 3.63) is 23.5 Å². The Morgan fingerprint density at radius 3 is 2.88 bits per heavy atom. The van der Waals surface area contributed by atoms with E-state index in [4.69, 9.17) is 11.6 Å². The predicted molar refractivity (Wildman–Crippen MR) is 105 cm³/mol. The van der Waals surface area contributed by atoms with Crippen LogP contribution < -0.4 is 16.9 Å². The number of nitrogens with one attached hydrogen (secondary N) is 2. The largest absolute Gasteiger partial charge is 0.400 e. The summed E-state index contributed by atoms with van der Waals surface area (Å²) < 4.78 is 0. The van der Waals surface area contributed by atoms with Crippen molar-refractivity contribution in [3.8, 4) is 0 Å². The molecule has 2 fully saturated rings. The van der Waals surface area contributed by atoms with Crippen LogP contribution in [0.1, 0.15) is 37.7 Å². The molecule has 8 heteroatoms. The number of nitrogens with two attached hydrogens (primary N) is 2. The Bertz CT molecular complexity index is 734. The number of aromatic nitrogens is 1. The van der Waals surface area contributed by atoms with E-state index in [2.05, 4.69) is 15.3 Å². The molecule has 1 atom stereocenters. The predicted octanol–water partition coefficient (Wildman–Crippen LogP) is 1.92. The molecule has 1 unspecified atom stereocenters. The second-order valence-electron chi connectivity index (χ2n) is 7.33. The average Bonchev–Trinajstić information content (AvgIpc) is 3.28. The molecule has 140 valence electrons.